The number of hydrogen-bond acceptors (Lipinski definition) is 6. The molecule has 1 heterocycles. The number of nitrogen functional groups attached to an aromatic ring is 1. The summed E-state index contributed by atoms with van der Waals surface area (Å²) in [7, 11) is -3.12. The number of nitrogens with two attached hydrogens (primary N) is 1. The van der Waals surface area contributed by atoms with E-state index in [-0.39, 0.29) is 22.8 Å². The number of ether oxygens (including phenoxy) is 1. The van der Waals surface area contributed by atoms with E-state index in [1.165, 1.54) is 13.0 Å². The summed E-state index contributed by atoms with van der Waals surface area (Å²) in [5.74, 6) is -2.14. The van der Waals surface area contributed by atoms with Gasteiger partial charge in [0.05, 0.1) is 17.1 Å². The Balaban J connectivity index is 1.94. The Morgan fingerprint density at radius 2 is 2.13 bits per heavy atom. The van der Waals surface area contributed by atoms with Crippen molar-refractivity contribution in [2.75, 3.05) is 17.2 Å². The summed E-state index contributed by atoms with van der Waals surface area (Å²) in [5, 5.41) is 2.53. The highest BCUT2D eigenvalue weighted by Gasteiger charge is 2.31. The molecule has 126 valence electrons. The van der Waals surface area contributed by atoms with Crippen LogP contribution in [0.1, 0.15) is 23.7 Å². The van der Waals surface area contributed by atoms with Crippen molar-refractivity contribution in [2.24, 2.45) is 0 Å². The summed E-state index contributed by atoms with van der Waals surface area (Å²) in [6.07, 6.45) is -0.796. The van der Waals surface area contributed by atoms with E-state index in [9.17, 15) is 22.4 Å². The zero-order valence-corrected chi connectivity index (χ0v) is 13.2. The summed E-state index contributed by atoms with van der Waals surface area (Å²) >= 11 is 0. The number of carbonyl (C=O) groups is 2. The van der Waals surface area contributed by atoms with Crippen molar-refractivity contribution in [3.8, 4) is 0 Å². The number of esters is 1. The number of halogens is 1. The molecule has 0 radical (unpaired) electrons. The van der Waals surface area contributed by atoms with Crippen LogP contribution in [-0.2, 0) is 19.4 Å². The van der Waals surface area contributed by atoms with Gasteiger partial charge in [0.25, 0.3) is 5.91 Å². The van der Waals surface area contributed by atoms with Crippen molar-refractivity contribution in [3.63, 3.8) is 0 Å². The van der Waals surface area contributed by atoms with Crippen LogP contribution in [0.5, 0.6) is 0 Å². The molecule has 1 saturated heterocycles. The molecule has 0 aromatic heterocycles. The number of carbonyl (C=O) groups excluding carboxylic acids is 2. The van der Waals surface area contributed by atoms with Crippen molar-refractivity contribution in [3.05, 3.63) is 29.6 Å². The van der Waals surface area contributed by atoms with Gasteiger partial charge in [0.1, 0.15) is 5.82 Å². The van der Waals surface area contributed by atoms with Crippen molar-refractivity contribution in [1.29, 1.82) is 0 Å². The lowest BCUT2D eigenvalue weighted by atomic mass is 10.2. The topological polar surface area (TPSA) is 116 Å². The maximum atomic E-state index is 12.9. The fourth-order valence-electron chi connectivity index (χ4n) is 2.22. The molecular formula is C14H17FN2O5S. The minimum atomic E-state index is -3.12. The van der Waals surface area contributed by atoms with Gasteiger partial charge in [-0.3, -0.25) is 4.79 Å². The lowest BCUT2D eigenvalue weighted by molar-refractivity contribution is -0.129. The van der Waals surface area contributed by atoms with E-state index in [1.807, 2.05) is 0 Å². The Morgan fingerprint density at radius 1 is 1.43 bits per heavy atom. The number of benzene rings is 1. The van der Waals surface area contributed by atoms with Gasteiger partial charge in [-0.2, -0.15) is 0 Å². The fourth-order valence-corrected chi connectivity index (χ4v) is 3.90. The second-order valence-electron chi connectivity index (χ2n) is 5.39. The quantitative estimate of drug-likeness (QED) is 0.598. The van der Waals surface area contributed by atoms with Crippen LogP contribution in [0.3, 0.4) is 0 Å². The zero-order valence-electron chi connectivity index (χ0n) is 12.4. The number of sulfone groups is 1. The molecule has 0 bridgehead atoms. The van der Waals surface area contributed by atoms with Gasteiger partial charge in [0.2, 0.25) is 0 Å². The Kier molecular flexibility index (Phi) is 4.88. The van der Waals surface area contributed by atoms with Crippen molar-refractivity contribution in [1.82, 2.24) is 5.32 Å². The molecule has 0 saturated carbocycles. The highest BCUT2D eigenvalue weighted by Crippen LogP contribution is 2.16. The van der Waals surface area contributed by atoms with E-state index in [0.717, 1.165) is 12.1 Å². The third kappa shape index (κ3) is 4.41. The van der Waals surface area contributed by atoms with Crippen LogP contribution in [0, 0.1) is 5.82 Å². The molecule has 1 aliphatic rings. The van der Waals surface area contributed by atoms with Crippen LogP contribution in [-0.4, -0.2) is 43.9 Å². The predicted octanol–water partition coefficient (Wildman–Crippen LogP) is 0.256. The lowest BCUT2D eigenvalue weighted by Crippen LogP contribution is -2.42. The SMILES string of the molecule is C[C@H](OC(=O)c1ccc(F)cc1N)C(=O)N[C@H]1CCS(=O)(=O)C1. The first-order valence-corrected chi connectivity index (χ1v) is 8.77. The Bertz CT molecular complexity index is 735. The average molecular weight is 344 g/mol. The third-order valence-corrected chi connectivity index (χ3v) is 5.23. The van der Waals surface area contributed by atoms with Crippen molar-refractivity contribution in [2.45, 2.75) is 25.5 Å². The molecule has 23 heavy (non-hydrogen) atoms. The summed E-state index contributed by atoms with van der Waals surface area (Å²) in [6, 6.07) is 2.72. The molecular weight excluding hydrogens is 327 g/mol. The van der Waals surface area contributed by atoms with Crippen molar-refractivity contribution >= 4 is 27.4 Å². The molecule has 1 aromatic rings. The van der Waals surface area contributed by atoms with E-state index in [0.29, 0.717) is 6.42 Å². The van der Waals surface area contributed by atoms with Crippen molar-refractivity contribution < 1.29 is 27.1 Å². The first-order chi connectivity index (χ1) is 10.7. The Morgan fingerprint density at radius 3 is 2.70 bits per heavy atom. The van der Waals surface area contributed by atoms with Crippen LogP contribution < -0.4 is 11.1 Å². The largest absolute Gasteiger partial charge is 0.449 e. The van der Waals surface area contributed by atoms with E-state index in [1.54, 1.807) is 0 Å². The molecule has 2 atom stereocenters. The molecule has 3 N–H and O–H groups in total. The average Bonchev–Trinajstić information content (AvgIpc) is 2.77. The molecule has 7 nitrogen and oxygen atoms in total. The second-order valence-corrected chi connectivity index (χ2v) is 7.62. The summed E-state index contributed by atoms with van der Waals surface area (Å²) < 4.78 is 40.6. The van der Waals surface area contributed by atoms with Gasteiger partial charge in [-0.05, 0) is 31.5 Å². The fraction of sp³-hybridized carbons (Fsp3) is 0.429. The molecule has 0 spiro atoms. The maximum absolute atomic E-state index is 12.9. The lowest BCUT2D eigenvalue weighted by Gasteiger charge is -2.17. The van der Waals surface area contributed by atoms with Gasteiger partial charge in [-0.25, -0.2) is 17.6 Å². The van der Waals surface area contributed by atoms with E-state index < -0.39 is 39.7 Å². The zero-order chi connectivity index (χ0) is 17.2. The molecule has 1 fully saturated rings. The third-order valence-electron chi connectivity index (χ3n) is 3.47. The molecule has 1 aromatic carbocycles. The first-order valence-electron chi connectivity index (χ1n) is 6.95. The minimum Gasteiger partial charge on any atom is -0.449 e. The van der Waals surface area contributed by atoms with Gasteiger partial charge in [-0.15, -0.1) is 0 Å². The maximum Gasteiger partial charge on any atom is 0.341 e. The van der Waals surface area contributed by atoms with Gasteiger partial charge in [-0.1, -0.05) is 0 Å². The number of anilines is 1. The van der Waals surface area contributed by atoms with E-state index in [2.05, 4.69) is 5.32 Å². The molecule has 9 heteroatoms. The monoisotopic (exact) mass is 344 g/mol. The Labute approximate surface area is 132 Å². The normalized spacial score (nSPS) is 20.7. The minimum absolute atomic E-state index is 0.0260. The van der Waals surface area contributed by atoms with Gasteiger partial charge in [0.15, 0.2) is 15.9 Å². The molecule has 1 aliphatic heterocycles. The number of hydrogen-bond donors (Lipinski definition) is 2. The van der Waals surface area contributed by atoms with E-state index in [4.69, 9.17) is 10.5 Å². The van der Waals surface area contributed by atoms with Crippen LogP contribution in [0.15, 0.2) is 18.2 Å². The van der Waals surface area contributed by atoms with Gasteiger partial charge >= 0.3 is 5.97 Å². The summed E-state index contributed by atoms with van der Waals surface area (Å²) in [6.45, 7) is 1.36. The van der Waals surface area contributed by atoms with Gasteiger partial charge in [0, 0.05) is 11.7 Å². The highest BCUT2D eigenvalue weighted by molar-refractivity contribution is 7.91. The smallest absolute Gasteiger partial charge is 0.341 e. The molecule has 1 amide bonds. The molecule has 0 aliphatic carbocycles. The standard InChI is InChI=1S/C14H17FN2O5S/c1-8(13(18)17-10-4-5-23(20,21)7-10)22-14(19)11-3-2-9(15)6-12(11)16/h2-3,6,8,10H,4-5,7,16H2,1H3,(H,17,18)/t8-,10-/m0/s1. The van der Waals surface area contributed by atoms with E-state index >= 15 is 0 Å². The molecule has 0 unspecified atom stereocenters. The second kappa shape index (κ2) is 6.53. The van der Waals surface area contributed by atoms with Crippen LogP contribution in [0.25, 0.3) is 0 Å². The van der Waals surface area contributed by atoms with Crippen LogP contribution in [0.4, 0.5) is 10.1 Å². The number of rotatable bonds is 4. The number of amides is 1. The number of nitrogens with one attached hydrogen (secondary N) is 1. The Hall–Kier alpha value is -2.16. The van der Waals surface area contributed by atoms with Gasteiger partial charge < -0.3 is 15.8 Å². The van der Waals surface area contributed by atoms with Crippen LogP contribution in [0.2, 0.25) is 0 Å². The summed E-state index contributed by atoms with van der Waals surface area (Å²) in [4.78, 5) is 23.9. The van der Waals surface area contributed by atoms with Crippen LogP contribution >= 0.6 is 0 Å². The predicted molar refractivity (Wildman–Crippen MR) is 80.9 cm³/mol. The highest BCUT2D eigenvalue weighted by atomic mass is 32.2. The summed E-state index contributed by atoms with van der Waals surface area (Å²) in [5.41, 5.74) is 5.39. The molecule has 2 rings (SSSR count). The first kappa shape index (κ1) is 17.2.